The van der Waals surface area contributed by atoms with Gasteiger partial charge in [-0.15, -0.1) is 15.3 Å². The van der Waals surface area contributed by atoms with Crippen molar-refractivity contribution in [2.75, 3.05) is 0 Å². The second-order valence-electron chi connectivity index (χ2n) is 8.97. The van der Waals surface area contributed by atoms with Gasteiger partial charge in [0.15, 0.2) is 5.82 Å². The van der Waals surface area contributed by atoms with Crippen molar-refractivity contribution in [3.8, 4) is 28.4 Å². The maximum Gasteiger partial charge on any atom is 0.257 e. The molecule has 2 aromatic carbocycles. The fourth-order valence-corrected chi connectivity index (χ4v) is 4.37. The third-order valence-corrected chi connectivity index (χ3v) is 6.19. The molecule has 5 aromatic rings. The van der Waals surface area contributed by atoms with E-state index in [1.165, 1.54) is 0 Å². The predicted molar refractivity (Wildman–Crippen MR) is 134 cm³/mol. The largest absolute Gasteiger partial charge is 0.491 e. The molecule has 0 spiro atoms. The Hall–Kier alpha value is -4.14. The van der Waals surface area contributed by atoms with Crippen LogP contribution in [0.1, 0.15) is 56.6 Å². The highest BCUT2D eigenvalue weighted by Crippen LogP contribution is 2.32. The lowest BCUT2D eigenvalue weighted by Gasteiger charge is -2.12. The predicted octanol–water partition coefficient (Wildman–Crippen LogP) is 4.89. The standard InChI is InChI=1S/C26H28N8O/c1-4-5-10-21-27-23-22(16(2)3)28-31-26(35)24(23)34(21)15-17-11-13-18(14-12-17)19-8-6-7-9-20(19)25-29-32-33-30-25/h6-9,11-14,16H,4-5,10,15H2,1-3H3,(H,31,35)(H,29,30,32,33). The lowest BCUT2D eigenvalue weighted by Crippen LogP contribution is -2.06. The molecule has 0 amide bonds. The number of rotatable bonds is 8. The molecule has 3 heterocycles. The van der Waals surface area contributed by atoms with Gasteiger partial charge in [-0.2, -0.15) is 0 Å². The van der Waals surface area contributed by atoms with Gasteiger partial charge in [-0.3, -0.25) is 0 Å². The lowest BCUT2D eigenvalue weighted by molar-refractivity contribution is 0.447. The van der Waals surface area contributed by atoms with Gasteiger partial charge < -0.3 is 9.67 Å². The van der Waals surface area contributed by atoms with E-state index in [0.29, 0.717) is 17.9 Å². The molecule has 0 saturated carbocycles. The smallest absolute Gasteiger partial charge is 0.257 e. The van der Waals surface area contributed by atoms with Crippen LogP contribution < -0.4 is 0 Å². The molecule has 9 nitrogen and oxygen atoms in total. The molecule has 9 heteroatoms. The Balaban J connectivity index is 1.52. The Kier molecular flexibility index (Phi) is 6.22. The summed E-state index contributed by atoms with van der Waals surface area (Å²) in [5, 5.41) is 33.2. The van der Waals surface area contributed by atoms with Crippen LogP contribution in [0.4, 0.5) is 0 Å². The van der Waals surface area contributed by atoms with Crippen LogP contribution in [0.25, 0.3) is 33.5 Å². The third-order valence-electron chi connectivity index (χ3n) is 6.19. The summed E-state index contributed by atoms with van der Waals surface area (Å²) in [4.78, 5) is 4.91. The molecule has 178 valence electrons. The number of hydrogen-bond acceptors (Lipinski definition) is 7. The van der Waals surface area contributed by atoms with Crippen LogP contribution >= 0.6 is 0 Å². The van der Waals surface area contributed by atoms with Gasteiger partial charge >= 0.3 is 0 Å². The minimum atomic E-state index is -0.0779. The molecule has 0 aliphatic carbocycles. The number of aromatic nitrogens is 8. The van der Waals surface area contributed by atoms with Gasteiger partial charge in [-0.25, -0.2) is 10.1 Å². The summed E-state index contributed by atoms with van der Waals surface area (Å²) in [5.41, 5.74) is 6.36. The summed E-state index contributed by atoms with van der Waals surface area (Å²) in [6.45, 7) is 6.88. The van der Waals surface area contributed by atoms with Crippen molar-refractivity contribution >= 4 is 11.0 Å². The van der Waals surface area contributed by atoms with Crippen molar-refractivity contribution in [2.24, 2.45) is 0 Å². The molecule has 0 aliphatic rings. The lowest BCUT2D eigenvalue weighted by atomic mass is 9.98. The zero-order valence-corrected chi connectivity index (χ0v) is 20.1. The Morgan fingerprint density at radius 3 is 2.43 bits per heavy atom. The number of imidazole rings is 1. The van der Waals surface area contributed by atoms with Crippen LogP contribution in [0.2, 0.25) is 0 Å². The molecule has 0 saturated heterocycles. The van der Waals surface area contributed by atoms with E-state index >= 15 is 0 Å². The monoisotopic (exact) mass is 468 g/mol. The number of hydrogen-bond donors (Lipinski definition) is 2. The number of nitrogens with one attached hydrogen (secondary N) is 1. The fourth-order valence-electron chi connectivity index (χ4n) is 4.37. The van der Waals surface area contributed by atoms with Gasteiger partial charge in [0.1, 0.15) is 16.9 Å². The number of tetrazole rings is 1. The van der Waals surface area contributed by atoms with Gasteiger partial charge in [0.25, 0.3) is 5.88 Å². The highest BCUT2D eigenvalue weighted by molar-refractivity contribution is 5.83. The number of benzene rings is 2. The molecular weight excluding hydrogens is 440 g/mol. The first-order valence-corrected chi connectivity index (χ1v) is 11.9. The highest BCUT2D eigenvalue weighted by Gasteiger charge is 2.21. The van der Waals surface area contributed by atoms with E-state index in [0.717, 1.165) is 58.6 Å². The number of nitrogens with zero attached hydrogens (tertiary/aromatic N) is 7. The molecule has 35 heavy (non-hydrogen) atoms. The van der Waals surface area contributed by atoms with E-state index in [9.17, 15) is 5.11 Å². The van der Waals surface area contributed by atoms with Crippen LogP contribution in [0.15, 0.2) is 48.5 Å². The van der Waals surface area contributed by atoms with Gasteiger partial charge in [-0.1, -0.05) is 75.7 Å². The zero-order valence-electron chi connectivity index (χ0n) is 20.1. The Morgan fingerprint density at radius 2 is 1.74 bits per heavy atom. The molecule has 0 fully saturated rings. The van der Waals surface area contributed by atoms with Crippen LogP contribution in [-0.4, -0.2) is 45.5 Å². The van der Waals surface area contributed by atoms with Crippen LogP contribution in [0.5, 0.6) is 5.88 Å². The number of aryl methyl sites for hydroxylation is 1. The number of H-pyrrole nitrogens is 1. The quantitative estimate of drug-likeness (QED) is 0.333. The number of unbranched alkanes of at least 4 members (excludes halogenated alkanes) is 1. The van der Waals surface area contributed by atoms with Gasteiger partial charge in [0, 0.05) is 18.5 Å². The van der Waals surface area contributed by atoms with Crippen LogP contribution in [0.3, 0.4) is 0 Å². The van der Waals surface area contributed by atoms with E-state index in [2.05, 4.69) is 86.5 Å². The van der Waals surface area contributed by atoms with E-state index in [1.807, 2.05) is 18.2 Å². The van der Waals surface area contributed by atoms with Gasteiger partial charge in [0.05, 0.1) is 5.69 Å². The highest BCUT2D eigenvalue weighted by atomic mass is 16.3. The molecule has 0 unspecified atom stereocenters. The van der Waals surface area contributed by atoms with Crippen molar-refractivity contribution in [2.45, 2.75) is 52.5 Å². The van der Waals surface area contributed by atoms with Crippen LogP contribution in [0, 0.1) is 0 Å². The number of fused-ring (bicyclic) bond motifs is 1. The van der Waals surface area contributed by atoms with Crippen molar-refractivity contribution < 1.29 is 5.11 Å². The summed E-state index contributed by atoms with van der Waals surface area (Å²) in [6, 6.07) is 16.4. The summed E-state index contributed by atoms with van der Waals surface area (Å²) < 4.78 is 2.09. The maximum atomic E-state index is 10.6. The average Bonchev–Trinajstić information content (AvgIpc) is 3.52. The van der Waals surface area contributed by atoms with E-state index in [1.54, 1.807) is 0 Å². The number of aromatic hydroxyl groups is 1. The second-order valence-corrected chi connectivity index (χ2v) is 8.97. The summed E-state index contributed by atoms with van der Waals surface area (Å²) in [6.07, 6.45) is 2.92. The van der Waals surface area contributed by atoms with Crippen molar-refractivity contribution in [3.63, 3.8) is 0 Å². The minimum Gasteiger partial charge on any atom is -0.491 e. The molecule has 0 radical (unpaired) electrons. The first-order chi connectivity index (χ1) is 17.1. The second kappa shape index (κ2) is 9.61. The Bertz CT molecular complexity index is 1440. The Morgan fingerprint density at radius 1 is 0.971 bits per heavy atom. The zero-order chi connectivity index (χ0) is 24.4. The average molecular weight is 469 g/mol. The summed E-state index contributed by atoms with van der Waals surface area (Å²) in [5.74, 6) is 1.66. The van der Waals surface area contributed by atoms with Crippen LogP contribution in [-0.2, 0) is 13.0 Å². The summed E-state index contributed by atoms with van der Waals surface area (Å²) >= 11 is 0. The molecule has 3 aromatic heterocycles. The molecule has 0 aliphatic heterocycles. The third kappa shape index (κ3) is 4.37. The summed E-state index contributed by atoms with van der Waals surface area (Å²) in [7, 11) is 0. The molecule has 0 atom stereocenters. The first kappa shape index (κ1) is 22.6. The molecular formula is C26H28N8O. The van der Waals surface area contributed by atoms with Gasteiger partial charge in [-0.05, 0) is 39.5 Å². The normalized spacial score (nSPS) is 11.5. The minimum absolute atomic E-state index is 0.0779. The van der Waals surface area contributed by atoms with E-state index in [-0.39, 0.29) is 11.8 Å². The first-order valence-electron chi connectivity index (χ1n) is 11.9. The van der Waals surface area contributed by atoms with E-state index < -0.39 is 0 Å². The van der Waals surface area contributed by atoms with Gasteiger partial charge in [0.2, 0.25) is 0 Å². The topological polar surface area (TPSA) is 118 Å². The Labute approximate surface area is 203 Å². The van der Waals surface area contributed by atoms with Crippen molar-refractivity contribution in [1.82, 2.24) is 40.4 Å². The maximum absolute atomic E-state index is 10.6. The molecule has 2 N–H and O–H groups in total. The van der Waals surface area contributed by atoms with E-state index in [4.69, 9.17) is 4.98 Å². The molecule has 0 bridgehead atoms. The SMILES string of the molecule is CCCCc1nc2c(C(C)C)nnc(O)c2n1Cc1ccc(-c2ccccc2-c2nnn[nH]2)cc1. The van der Waals surface area contributed by atoms with Crippen molar-refractivity contribution in [1.29, 1.82) is 0 Å². The molecule has 5 rings (SSSR count). The number of aromatic amines is 1. The van der Waals surface area contributed by atoms with Crippen molar-refractivity contribution in [3.05, 3.63) is 65.6 Å². The fraction of sp³-hybridized carbons (Fsp3) is 0.308.